The third kappa shape index (κ3) is 9.36. The Hall–Kier alpha value is -3.87. The number of methoxy groups -OCH3 is 1. The Bertz CT molecular complexity index is 1710. The van der Waals surface area contributed by atoms with Gasteiger partial charge in [0.05, 0.1) is 24.9 Å². The second-order valence-electron chi connectivity index (χ2n) is 11.2. The zero-order valence-corrected chi connectivity index (χ0v) is 28.6. The van der Waals surface area contributed by atoms with Crippen LogP contribution in [0.2, 0.25) is 0 Å². The molecule has 1 amide bonds. The van der Waals surface area contributed by atoms with Gasteiger partial charge in [0.1, 0.15) is 17.3 Å². The number of aliphatic hydroxyl groups excluding tert-OH is 2. The van der Waals surface area contributed by atoms with E-state index in [0.29, 0.717) is 33.6 Å². The number of carboxylic acids is 1. The number of esters is 1. The summed E-state index contributed by atoms with van der Waals surface area (Å²) < 4.78 is 34.8. The third-order valence-electron chi connectivity index (χ3n) is 7.51. The summed E-state index contributed by atoms with van der Waals surface area (Å²) in [6.45, 7) is 3.72. The van der Waals surface area contributed by atoms with Gasteiger partial charge in [0.2, 0.25) is 0 Å². The van der Waals surface area contributed by atoms with Crippen molar-refractivity contribution in [3.63, 3.8) is 0 Å². The predicted octanol–water partition coefficient (Wildman–Crippen LogP) is 1.91. The van der Waals surface area contributed by atoms with Crippen LogP contribution in [-0.2, 0) is 16.0 Å². The number of hydrogen-bond donors (Lipinski definition) is 3. The van der Waals surface area contributed by atoms with E-state index >= 15 is 0 Å². The topological polar surface area (TPSA) is 141 Å². The maximum absolute atomic E-state index is 14.3. The fraction of sp³-hybridized carbons (Fsp3) is 0.286. The van der Waals surface area contributed by atoms with Crippen LogP contribution in [0.15, 0.2) is 72.8 Å². The SMILES string of the molecule is COC(=O)c1cccc(NC(=O)c2c(-c3ccc(F)cc3)c(-c3ccc(F)cc3)c(CC[C@@H](O)C[C@@H](O)CC(=O)[O-])n2C(C)C)c1.[Na+]. The molecule has 9 nitrogen and oxygen atoms in total. The first kappa shape index (κ1) is 37.6. The first-order valence-corrected chi connectivity index (χ1v) is 14.7. The minimum atomic E-state index is -1.44. The largest absolute Gasteiger partial charge is 1.00 e. The molecule has 4 rings (SSSR count). The number of nitrogens with one attached hydrogen (secondary N) is 1. The number of hydrogen-bond acceptors (Lipinski definition) is 7. The number of carbonyl (C=O) groups is 3. The van der Waals surface area contributed by atoms with Crippen molar-refractivity contribution >= 4 is 23.5 Å². The zero-order chi connectivity index (χ0) is 33.5. The van der Waals surface area contributed by atoms with Gasteiger partial charge in [-0.2, -0.15) is 0 Å². The van der Waals surface area contributed by atoms with Crippen LogP contribution in [0.3, 0.4) is 0 Å². The molecule has 2 atom stereocenters. The van der Waals surface area contributed by atoms with E-state index in [2.05, 4.69) is 5.32 Å². The molecule has 12 heteroatoms. The molecule has 0 fully saturated rings. The number of amides is 1. The van der Waals surface area contributed by atoms with Crippen molar-refractivity contribution in [2.24, 2.45) is 0 Å². The van der Waals surface area contributed by atoms with Crippen LogP contribution >= 0.6 is 0 Å². The maximum Gasteiger partial charge on any atom is 1.00 e. The molecule has 0 saturated heterocycles. The normalized spacial score (nSPS) is 12.3. The number of rotatable bonds is 13. The minimum Gasteiger partial charge on any atom is -0.550 e. The molecule has 3 aromatic carbocycles. The van der Waals surface area contributed by atoms with Crippen molar-refractivity contribution in [2.75, 3.05) is 12.4 Å². The van der Waals surface area contributed by atoms with Gasteiger partial charge in [-0.1, -0.05) is 30.3 Å². The van der Waals surface area contributed by atoms with Gasteiger partial charge >= 0.3 is 35.5 Å². The van der Waals surface area contributed by atoms with E-state index in [1.165, 1.54) is 49.6 Å². The van der Waals surface area contributed by atoms with Gasteiger partial charge in [0.25, 0.3) is 5.91 Å². The average molecular weight is 657 g/mol. The second kappa shape index (κ2) is 16.8. The molecule has 3 N–H and O–H groups in total. The van der Waals surface area contributed by atoms with Crippen LogP contribution in [0, 0.1) is 11.6 Å². The molecule has 0 radical (unpaired) electrons. The number of aliphatic hydroxyl groups is 2. The smallest absolute Gasteiger partial charge is 0.550 e. The van der Waals surface area contributed by atoms with E-state index in [-0.39, 0.29) is 66.1 Å². The van der Waals surface area contributed by atoms with Crippen LogP contribution in [0.1, 0.15) is 65.7 Å². The van der Waals surface area contributed by atoms with Crippen molar-refractivity contribution in [3.8, 4) is 22.3 Å². The van der Waals surface area contributed by atoms with Gasteiger partial charge in [0, 0.05) is 40.9 Å². The van der Waals surface area contributed by atoms with E-state index in [1.807, 2.05) is 13.8 Å². The number of carboxylic acid groups (broad SMARTS) is 1. The Morgan fingerprint density at radius 1 is 0.894 bits per heavy atom. The van der Waals surface area contributed by atoms with Crippen molar-refractivity contribution in [2.45, 2.75) is 57.8 Å². The third-order valence-corrected chi connectivity index (χ3v) is 7.51. The van der Waals surface area contributed by atoms with Crippen molar-refractivity contribution in [1.29, 1.82) is 0 Å². The molecule has 1 heterocycles. The van der Waals surface area contributed by atoms with Crippen LogP contribution in [0.25, 0.3) is 22.3 Å². The standard InChI is InChI=1S/C35H36F2N2O7.Na/c1-20(2)39-29(16-15-27(40)18-28(41)19-30(42)43)31(21-7-11-24(36)12-8-21)32(22-9-13-25(37)14-10-22)33(39)34(44)38-26-6-4-5-23(17-26)35(45)46-3;/h4-14,17,20,27-28,40-41H,15-16,18-19H2,1-3H3,(H,38,44)(H,42,43);/q;+1/p-1/t27-,28-;/m1./s1. The van der Waals surface area contributed by atoms with Crippen molar-refractivity contribution < 1.29 is 72.8 Å². The summed E-state index contributed by atoms with van der Waals surface area (Å²) in [5.41, 5.74) is 3.38. The molecule has 0 unspecified atom stereocenters. The van der Waals surface area contributed by atoms with Crippen LogP contribution in [0.5, 0.6) is 0 Å². The number of aliphatic carboxylic acids is 1. The minimum absolute atomic E-state index is 0. The first-order valence-electron chi connectivity index (χ1n) is 14.7. The summed E-state index contributed by atoms with van der Waals surface area (Å²) in [5.74, 6) is -3.53. The molecule has 0 aliphatic rings. The fourth-order valence-electron chi connectivity index (χ4n) is 5.54. The summed E-state index contributed by atoms with van der Waals surface area (Å²) in [4.78, 5) is 37.3. The predicted molar refractivity (Wildman–Crippen MR) is 166 cm³/mol. The Kier molecular flexibility index (Phi) is 13.4. The number of halogens is 2. The van der Waals surface area contributed by atoms with Gasteiger partial charge in [-0.25, -0.2) is 13.6 Å². The average Bonchev–Trinajstić information content (AvgIpc) is 3.35. The van der Waals surface area contributed by atoms with E-state index in [0.717, 1.165) is 0 Å². The molecule has 0 aliphatic heterocycles. The van der Waals surface area contributed by atoms with Crippen LogP contribution in [0.4, 0.5) is 14.5 Å². The molecule has 1 aromatic heterocycles. The monoisotopic (exact) mass is 656 g/mol. The number of aromatic nitrogens is 1. The summed E-state index contributed by atoms with van der Waals surface area (Å²) >= 11 is 0. The number of benzene rings is 3. The van der Waals surface area contributed by atoms with Crippen molar-refractivity contribution in [1.82, 2.24) is 4.57 Å². The number of carbonyl (C=O) groups excluding carboxylic acids is 3. The molecular weight excluding hydrogens is 621 g/mol. The number of nitrogens with zero attached hydrogens (tertiary/aromatic N) is 1. The molecule has 0 saturated carbocycles. The van der Waals surface area contributed by atoms with Gasteiger partial charge in [-0.15, -0.1) is 0 Å². The summed E-state index contributed by atoms with van der Waals surface area (Å²) in [6, 6.07) is 17.2. The zero-order valence-electron chi connectivity index (χ0n) is 26.6. The van der Waals surface area contributed by atoms with E-state index in [9.17, 15) is 38.5 Å². The van der Waals surface area contributed by atoms with Crippen molar-refractivity contribution in [3.05, 3.63) is 101 Å². The van der Waals surface area contributed by atoms with Gasteiger partial charge in [-0.05, 0) is 86.7 Å². The number of anilines is 1. The van der Waals surface area contributed by atoms with Gasteiger partial charge < -0.3 is 34.7 Å². The van der Waals surface area contributed by atoms with E-state index in [1.54, 1.807) is 34.9 Å². The molecule has 4 aromatic rings. The van der Waals surface area contributed by atoms with Gasteiger partial charge in [-0.3, -0.25) is 4.79 Å². The molecule has 0 bridgehead atoms. The Labute approximate surface area is 293 Å². The summed E-state index contributed by atoms with van der Waals surface area (Å²) in [7, 11) is 1.25. The van der Waals surface area contributed by atoms with Gasteiger partial charge in [0.15, 0.2) is 0 Å². The number of ether oxygens (including phenoxy) is 1. The van der Waals surface area contributed by atoms with Crippen LogP contribution < -0.4 is 40.0 Å². The Morgan fingerprint density at radius 3 is 2.00 bits per heavy atom. The first-order chi connectivity index (χ1) is 21.9. The molecular formula is C35H35F2N2NaO7. The van der Waals surface area contributed by atoms with Crippen LogP contribution in [-0.4, -0.2) is 51.9 Å². The molecule has 242 valence electrons. The quantitative estimate of drug-likeness (QED) is 0.148. The molecule has 0 aliphatic carbocycles. The molecule has 0 spiro atoms. The fourth-order valence-corrected chi connectivity index (χ4v) is 5.54. The Balaban J connectivity index is 0.00000600. The van der Waals surface area contributed by atoms with E-state index in [4.69, 9.17) is 4.74 Å². The van der Waals surface area contributed by atoms with E-state index < -0.39 is 48.1 Å². The summed E-state index contributed by atoms with van der Waals surface area (Å²) in [5, 5.41) is 34.6. The Morgan fingerprint density at radius 2 is 1.47 bits per heavy atom. The maximum atomic E-state index is 14.3. The summed E-state index contributed by atoms with van der Waals surface area (Å²) in [6.07, 6.45) is -3.00. The second-order valence-corrected chi connectivity index (χ2v) is 11.2. The molecule has 47 heavy (non-hydrogen) atoms.